The molecule has 1 aromatic heterocycles. The van der Waals surface area contributed by atoms with Crippen LogP contribution in [0.3, 0.4) is 0 Å². The second-order valence-corrected chi connectivity index (χ2v) is 5.20. The van der Waals surface area contributed by atoms with E-state index in [1.54, 1.807) is 30.2 Å². The molecule has 1 aliphatic rings. The lowest BCUT2D eigenvalue weighted by molar-refractivity contribution is -0.200. The minimum Gasteiger partial charge on any atom is -0.374 e. The first-order chi connectivity index (χ1) is 6.30. The van der Waals surface area contributed by atoms with Crippen molar-refractivity contribution in [3.8, 4) is 0 Å². The summed E-state index contributed by atoms with van der Waals surface area (Å²) in [5.41, 5.74) is -0.140. The number of methoxy groups -OCH3 is 1. The van der Waals surface area contributed by atoms with Crippen molar-refractivity contribution >= 4 is 23.1 Å². The Morgan fingerprint density at radius 2 is 2.31 bits per heavy atom. The molecule has 1 aliphatic heterocycles. The van der Waals surface area contributed by atoms with E-state index in [-0.39, 0.29) is 5.60 Å². The normalized spacial score (nSPS) is 19.8. The maximum Gasteiger partial charge on any atom is 0.148 e. The Labute approximate surface area is 86.2 Å². The molecule has 0 spiro atoms. The van der Waals surface area contributed by atoms with Crippen molar-refractivity contribution in [2.24, 2.45) is 0 Å². The van der Waals surface area contributed by atoms with Crippen molar-refractivity contribution in [3.05, 3.63) is 17.0 Å². The van der Waals surface area contributed by atoms with Crippen LogP contribution in [0.15, 0.2) is 16.3 Å². The van der Waals surface area contributed by atoms with Crippen molar-refractivity contribution in [1.29, 1.82) is 0 Å². The zero-order valence-electron chi connectivity index (χ0n) is 7.70. The van der Waals surface area contributed by atoms with Gasteiger partial charge in [-0.3, -0.25) is 0 Å². The largest absolute Gasteiger partial charge is 0.374 e. The van der Waals surface area contributed by atoms with Crippen LogP contribution in [0.2, 0.25) is 0 Å². The van der Waals surface area contributed by atoms with E-state index >= 15 is 0 Å². The zero-order valence-corrected chi connectivity index (χ0v) is 9.33. The van der Waals surface area contributed by atoms with Crippen LogP contribution in [-0.4, -0.2) is 26.6 Å². The van der Waals surface area contributed by atoms with Crippen LogP contribution >= 0.6 is 23.1 Å². The average Bonchev–Trinajstić information content (AvgIpc) is 2.52. The van der Waals surface area contributed by atoms with Gasteiger partial charge in [0.2, 0.25) is 0 Å². The topological polar surface area (TPSA) is 18.5 Å². The highest BCUT2D eigenvalue weighted by molar-refractivity contribution is 8.00. The summed E-state index contributed by atoms with van der Waals surface area (Å²) in [6.45, 7) is 1.38. The molecule has 0 bridgehead atoms. The predicted octanol–water partition coefficient (Wildman–Crippen LogP) is 2.34. The third-order valence-corrected chi connectivity index (χ3v) is 4.65. The Morgan fingerprint density at radius 3 is 2.69 bits per heavy atom. The highest BCUT2D eigenvalue weighted by Gasteiger charge is 2.41. The second kappa shape index (κ2) is 3.61. The Kier molecular flexibility index (Phi) is 2.65. The molecule has 0 unspecified atom stereocenters. The van der Waals surface area contributed by atoms with Gasteiger partial charge in [-0.1, -0.05) is 0 Å². The lowest BCUT2D eigenvalue weighted by atomic mass is 10.0. The van der Waals surface area contributed by atoms with Gasteiger partial charge in [-0.25, -0.2) is 0 Å². The summed E-state index contributed by atoms with van der Waals surface area (Å²) in [6.07, 6.45) is 2.09. The van der Waals surface area contributed by atoms with Crippen molar-refractivity contribution in [3.63, 3.8) is 0 Å². The lowest BCUT2D eigenvalue weighted by Crippen LogP contribution is -2.47. The van der Waals surface area contributed by atoms with Crippen molar-refractivity contribution < 1.29 is 9.47 Å². The van der Waals surface area contributed by atoms with Crippen LogP contribution < -0.4 is 0 Å². The number of rotatable bonds is 3. The van der Waals surface area contributed by atoms with E-state index in [0.29, 0.717) is 13.2 Å². The van der Waals surface area contributed by atoms with Crippen molar-refractivity contribution in [1.82, 2.24) is 0 Å². The molecule has 0 saturated carbocycles. The average molecular weight is 216 g/mol. The summed E-state index contributed by atoms with van der Waals surface area (Å²) in [7, 11) is 1.75. The summed E-state index contributed by atoms with van der Waals surface area (Å²) >= 11 is 3.57. The van der Waals surface area contributed by atoms with Crippen LogP contribution in [0.5, 0.6) is 0 Å². The van der Waals surface area contributed by atoms with Gasteiger partial charge in [-0.15, -0.1) is 23.1 Å². The predicted molar refractivity (Wildman–Crippen MR) is 55.6 cm³/mol. The van der Waals surface area contributed by atoms with Gasteiger partial charge in [0.1, 0.15) is 5.60 Å². The van der Waals surface area contributed by atoms with E-state index in [0.717, 1.165) is 0 Å². The molecule has 0 amide bonds. The molecular weight excluding hydrogens is 204 g/mol. The SMILES string of the molecule is COC1(c2ccc(SC)s2)COC1. The minimum atomic E-state index is -0.140. The number of hydrogen-bond donors (Lipinski definition) is 0. The number of hydrogen-bond acceptors (Lipinski definition) is 4. The molecule has 0 radical (unpaired) electrons. The molecule has 4 heteroatoms. The molecule has 0 aliphatic carbocycles. The van der Waals surface area contributed by atoms with Crippen molar-refractivity contribution in [2.75, 3.05) is 26.6 Å². The first-order valence-electron chi connectivity index (χ1n) is 4.08. The second-order valence-electron chi connectivity index (χ2n) is 3.01. The molecular formula is C9H12O2S2. The number of thiophene rings is 1. The van der Waals surface area contributed by atoms with Crippen LogP contribution in [0.4, 0.5) is 0 Å². The molecule has 2 rings (SSSR count). The fraction of sp³-hybridized carbons (Fsp3) is 0.556. The molecule has 0 atom stereocenters. The maximum absolute atomic E-state index is 5.49. The summed E-state index contributed by atoms with van der Waals surface area (Å²) in [6, 6.07) is 4.28. The van der Waals surface area contributed by atoms with E-state index in [4.69, 9.17) is 9.47 Å². The minimum absolute atomic E-state index is 0.140. The molecule has 0 aromatic carbocycles. The quantitative estimate of drug-likeness (QED) is 0.723. The Balaban J connectivity index is 2.23. The highest BCUT2D eigenvalue weighted by Crippen LogP contribution is 2.39. The number of ether oxygens (including phenoxy) is 2. The Morgan fingerprint density at radius 1 is 1.54 bits per heavy atom. The Hall–Kier alpha value is -0.0300. The van der Waals surface area contributed by atoms with E-state index in [1.165, 1.54) is 9.09 Å². The van der Waals surface area contributed by atoms with Gasteiger partial charge < -0.3 is 9.47 Å². The monoisotopic (exact) mass is 216 g/mol. The number of thioether (sulfide) groups is 1. The summed E-state index contributed by atoms with van der Waals surface area (Å²) in [4.78, 5) is 1.28. The summed E-state index contributed by atoms with van der Waals surface area (Å²) in [5, 5.41) is 0. The summed E-state index contributed by atoms with van der Waals surface area (Å²) < 4.78 is 12.0. The molecule has 1 fully saturated rings. The summed E-state index contributed by atoms with van der Waals surface area (Å²) in [5.74, 6) is 0. The van der Waals surface area contributed by atoms with Crippen LogP contribution in [0.1, 0.15) is 4.88 Å². The fourth-order valence-electron chi connectivity index (χ4n) is 1.32. The van der Waals surface area contributed by atoms with Crippen LogP contribution in [0, 0.1) is 0 Å². The molecule has 72 valence electrons. The van der Waals surface area contributed by atoms with Gasteiger partial charge in [0.15, 0.2) is 0 Å². The van der Waals surface area contributed by atoms with Gasteiger partial charge in [-0.2, -0.15) is 0 Å². The standard InChI is InChI=1S/C9H12O2S2/c1-10-9(5-11-6-9)7-3-4-8(12-2)13-7/h3-4H,5-6H2,1-2H3. The molecule has 2 heterocycles. The lowest BCUT2D eigenvalue weighted by Gasteiger charge is -2.39. The highest BCUT2D eigenvalue weighted by atomic mass is 32.2. The smallest absolute Gasteiger partial charge is 0.148 e. The van der Waals surface area contributed by atoms with Crippen LogP contribution in [0.25, 0.3) is 0 Å². The molecule has 2 nitrogen and oxygen atoms in total. The molecule has 1 aromatic rings. The first kappa shape index (κ1) is 9.52. The molecule has 1 saturated heterocycles. The Bertz CT molecular complexity index is 286. The molecule has 13 heavy (non-hydrogen) atoms. The van der Waals surface area contributed by atoms with E-state index in [9.17, 15) is 0 Å². The first-order valence-corrected chi connectivity index (χ1v) is 6.12. The zero-order chi connectivity index (χ0) is 9.31. The van der Waals surface area contributed by atoms with E-state index < -0.39 is 0 Å². The van der Waals surface area contributed by atoms with Gasteiger partial charge in [0.25, 0.3) is 0 Å². The van der Waals surface area contributed by atoms with Gasteiger partial charge in [-0.05, 0) is 18.4 Å². The molecule has 0 N–H and O–H groups in total. The third-order valence-electron chi connectivity index (χ3n) is 2.29. The van der Waals surface area contributed by atoms with Gasteiger partial charge in [0, 0.05) is 12.0 Å². The third kappa shape index (κ3) is 1.52. The van der Waals surface area contributed by atoms with Crippen LogP contribution in [-0.2, 0) is 15.1 Å². The van der Waals surface area contributed by atoms with Gasteiger partial charge >= 0.3 is 0 Å². The van der Waals surface area contributed by atoms with E-state index in [2.05, 4.69) is 18.4 Å². The van der Waals surface area contributed by atoms with Crippen molar-refractivity contribution in [2.45, 2.75) is 9.81 Å². The maximum atomic E-state index is 5.49. The van der Waals surface area contributed by atoms with E-state index in [1.807, 2.05) is 0 Å². The fourth-order valence-corrected chi connectivity index (χ4v) is 3.01. The van der Waals surface area contributed by atoms with Gasteiger partial charge in [0.05, 0.1) is 17.4 Å².